The fourth-order valence-corrected chi connectivity index (χ4v) is 12.5. The molecule has 6 nitrogen and oxygen atoms in total. The molecule has 0 bridgehead atoms. The van der Waals surface area contributed by atoms with E-state index in [0.29, 0.717) is 6.42 Å². The minimum Gasteiger partial charge on any atom is -0.265 e. The van der Waals surface area contributed by atoms with E-state index in [0.717, 1.165) is 18.3 Å². The third-order valence-electron chi connectivity index (χ3n) is 5.95. The van der Waals surface area contributed by atoms with Crippen molar-refractivity contribution in [2.24, 2.45) is 0 Å². The highest BCUT2D eigenvalue weighted by Gasteiger charge is 2.43. The van der Waals surface area contributed by atoms with Gasteiger partial charge in [0.05, 0.1) is 17.3 Å². The maximum absolute atomic E-state index is 14.1. The second-order valence-corrected chi connectivity index (χ2v) is 16.7. The second-order valence-electron chi connectivity index (χ2n) is 8.59. The molecule has 0 saturated heterocycles. The lowest BCUT2D eigenvalue weighted by atomic mass is 10.4. The van der Waals surface area contributed by atoms with Crippen LogP contribution < -0.4 is 0 Å². The molecule has 0 aliphatic heterocycles. The number of hydrogen-bond donors (Lipinski definition) is 0. The van der Waals surface area contributed by atoms with Crippen molar-refractivity contribution in [1.29, 1.82) is 0 Å². The number of benzene rings is 4. The van der Waals surface area contributed by atoms with E-state index in [-0.39, 0.29) is 23.8 Å². The molecule has 0 fully saturated rings. The summed E-state index contributed by atoms with van der Waals surface area (Å²) in [6.45, 7) is 1.33. The van der Waals surface area contributed by atoms with E-state index >= 15 is 0 Å². The van der Waals surface area contributed by atoms with Gasteiger partial charge < -0.3 is 0 Å². The molecule has 206 valence electrons. The number of hydrogen-bond acceptors (Lipinski definition) is 5. The lowest BCUT2D eigenvalue weighted by molar-refractivity contribution is 0.306. The molecule has 0 atom stereocenters. The third-order valence-corrected chi connectivity index (χ3v) is 14.7. The molecule has 39 heavy (non-hydrogen) atoms. The monoisotopic (exact) mass is 695 g/mol. The van der Waals surface area contributed by atoms with Gasteiger partial charge in [-0.25, -0.2) is 8.42 Å². The Labute approximate surface area is 246 Å². The van der Waals surface area contributed by atoms with E-state index in [4.69, 9.17) is 4.18 Å². The molecule has 0 saturated carbocycles. The Bertz CT molecular complexity index is 1470. The zero-order valence-electron chi connectivity index (χ0n) is 21.4. The molecule has 0 N–H and O–H groups in total. The minimum absolute atomic E-state index is 0.0265. The second kappa shape index (κ2) is 13.0. The predicted molar refractivity (Wildman–Crippen MR) is 165 cm³/mol. The number of halogens is 1. The van der Waals surface area contributed by atoms with Crippen molar-refractivity contribution in [2.75, 3.05) is 18.9 Å². The molecular formula is C29H30INO5S3. The maximum atomic E-state index is 14.1. The summed E-state index contributed by atoms with van der Waals surface area (Å²) >= 11 is 2.10. The average Bonchev–Trinajstić information content (AvgIpc) is 2.94. The molecular weight excluding hydrogens is 665 g/mol. The molecule has 0 amide bonds. The lowest BCUT2D eigenvalue weighted by Gasteiger charge is -2.48. The Morgan fingerprint density at radius 1 is 0.641 bits per heavy atom. The summed E-state index contributed by atoms with van der Waals surface area (Å²) in [5.74, 6) is -0.0852. The highest BCUT2D eigenvalue weighted by Crippen LogP contribution is 2.71. The van der Waals surface area contributed by atoms with Crippen LogP contribution in [0.1, 0.15) is 13.3 Å². The highest BCUT2D eigenvalue weighted by atomic mass is 127. The summed E-state index contributed by atoms with van der Waals surface area (Å²) in [6, 6.07) is 35.0. The molecule has 0 radical (unpaired) electrons. The summed E-state index contributed by atoms with van der Waals surface area (Å²) < 4.78 is 62.0. The van der Waals surface area contributed by atoms with Crippen LogP contribution in [-0.4, -0.2) is 39.5 Å². The molecule has 4 rings (SSSR count). The van der Waals surface area contributed by atoms with Gasteiger partial charge >= 0.3 is 0 Å². The van der Waals surface area contributed by atoms with Crippen LogP contribution >= 0.6 is 32.8 Å². The van der Waals surface area contributed by atoms with E-state index in [1.807, 2.05) is 97.9 Å². The van der Waals surface area contributed by atoms with Crippen molar-refractivity contribution in [2.45, 2.75) is 32.9 Å². The first-order chi connectivity index (χ1) is 18.7. The van der Waals surface area contributed by atoms with Gasteiger partial charge in [-0.05, 0) is 89.7 Å². The van der Waals surface area contributed by atoms with Crippen LogP contribution in [-0.2, 0) is 24.3 Å². The topological polar surface area (TPSA) is 80.8 Å². The molecule has 10 heteroatoms. The van der Waals surface area contributed by atoms with Crippen LogP contribution in [0.25, 0.3) is 0 Å². The summed E-state index contributed by atoms with van der Waals surface area (Å²) in [7, 11) is -10.5. The Balaban J connectivity index is 1.88. The van der Waals surface area contributed by atoms with Crippen LogP contribution in [0.3, 0.4) is 0 Å². The van der Waals surface area contributed by atoms with Crippen LogP contribution in [0.15, 0.2) is 135 Å². The van der Waals surface area contributed by atoms with Crippen LogP contribution in [0.4, 0.5) is 0 Å². The number of sulfonamides is 1. The predicted octanol–water partition coefficient (Wildman–Crippen LogP) is 6.94. The minimum atomic E-state index is -4.09. The first-order valence-corrected chi connectivity index (χ1v) is 18.0. The molecule has 0 aliphatic rings. The summed E-state index contributed by atoms with van der Waals surface area (Å²) in [4.78, 5) is 2.49. The smallest absolute Gasteiger partial charge is 0.265 e. The van der Waals surface area contributed by atoms with Crippen molar-refractivity contribution >= 4 is 52.9 Å². The first-order valence-electron chi connectivity index (χ1n) is 12.4. The Kier molecular flexibility index (Phi) is 9.89. The molecule has 4 aromatic rings. The van der Waals surface area contributed by atoms with Gasteiger partial charge in [0.1, 0.15) is 0 Å². The van der Waals surface area contributed by atoms with Gasteiger partial charge in [-0.15, -0.1) is 3.71 Å². The van der Waals surface area contributed by atoms with Gasteiger partial charge in [0.15, 0.2) is 0 Å². The van der Waals surface area contributed by atoms with E-state index in [2.05, 4.69) is 22.6 Å². The fraction of sp³-hybridized carbons (Fsp3) is 0.172. The zero-order valence-corrected chi connectivity index (χ0v) is 26.0. The highest BCUT2D eigenvalue weighted by molar-refractivity contribution is 14.1. The van der Waals surface area contributed by atoms with Gasteiger partial charge in [-0.2, -0.15) is 8.42 Å². The Hall–Kier alpha value is -2.22. The van der Waals surface area contributed by atoms with Gasteiger partial charge in [0.25, 0.3) is 10.1 Å². The van der Waals surface area contributed by atoms with Gasteiger partial charge in [0, 0.05) is 24.8 Å². The van der Waals surface area contributed by atoms with Crippen LogP contribution in [0, 0.1) is 3.57 Å². The zero-order chi connectivity index (χ0) is 27.9. The summed E-state index contributed by atoms with van der Waals surface area (Å²) in [5.41, 5.74) is 0. The van der Waals surface area contributed by atoms with E-state index in [9.17, 15) is 16.8 Å². The average molecular weight is 696 g/mol. The van der Waals surface area contributed by atoms with Gasteiger partial charge in [-0.3, -0.25) is 4.18 Å². The summed E-state index contributed by atoms with van der Waals surface area (Å²) in [6.07, 6.45) is 0.411. The van der Waals surface area contributed by atoms with Crippen molar-refractivity contribution in [3.05, 3.63) is 119 Å². The third kappa shape index (κ3) is 6.58. The molecule has 0 heterocycles. The summed E-state index contributed by atoms with van der Waals surface area (Å²) in [5, 5.41) is 0. The van der Waals surface area contributed by atoms with E-state index in [1.54, 1.807) is 12.1 Å². The first kappa shape index (κ1) is 29.8. The van der Waals surface area contributed by atoms with Gasteiger partial charge in [-0.1, -0.05) is 71.7 Å². The van der Waals surface area contributed by atoms with Crippen molar-refractivity contribution in [1.82, 2.24) is 3.71 Å². The molecule has 4 aromatic carbocycles. The van der Waals surface area contributed by atoms with Crippen molar-refractivity contribution in [3.8, 4) is 0 Å². The molecule has 0 aromatic heterocycles. The van der Waals surface area contributed by atoms with Crippen molar-refractivity contribution < 1.29 is 21.0 Å². The molecule has 0 aliphatic carbocycles. The van der Waals surface area contributed by atoms with E-state index < -0.39 is 30.4 Å². The van der Waals surface area contributed by atoms with Gasteiger partial charge in [0.2, 0.25) is 10.0 Å². The lowest BCUT2D eigenvalue weighted by Crippen LogP contribution is -2.39. The number of nitrogens with zero attached hydrogens (tertiary/aromatic N) is 1. The standard InChI is InChI=1S/C29H30INO5S3/c1-2-24-37(32,33)31(22-23-36-39(34,35)29-20-18-25(30)19-21-29)38(26-12-6-3-7-13-26,27-14-8-4-9-15-27)28-16-10-5-11-17-28/h3-21H,2,22-24H2,1H3. The van der Waals surface area contributed by atoms with Crippen LogP contribution in [0.2, 0.25) is 0 Å². The molecule has 0 unspecified atom stereocenters. The Morgan fingerprint density at radius 2 is 1.08 bits per heavy atom. The normalized spacial score (nSPS) is 12.9. The number of rotatable bonds is 12. The maximum Gasteiger partial charge on any atom is 0.297 e. The van der Waals surface area contributed by atoms with Crippen LogP contribution in [0.5, 0.6) is 0 Å². The largest absolute Gasteiger partial charge is 0.297 e. The Morgan fingerprint density at radius 3 is 1.49 bits per heavy atom. The SMILES string of the molecule is CCCS(=O)(=O)N(CCOS(=O)(=O)c1ccc(I)cc1)S(c1ccccc1)(c1ccccc1)c1ccccc1. The van der Waals surface area contributed by atoms with E-state index in [1.165, 1.54) is 15.8 Å². The fourth-order valence-electron chi connectivity index (χ4n) is 4.31. The van der Waals surface area contributed by atoms with Crippen molar-refractivity contribution in [3.63, 3.8) is 0 Å². The quantitative estimate of drug-likeness (QED) is 0.119. The molecule has 0 spiro atoms.